The van der Waals surface area contributed by atoms with Crippen LogP contribution in [0.5, 0.6) is 0 Å². The molecule has 84 valence electrons. The van der Waals surface area contributed by atoms with Crippen LogP contribution in [0.15, 0.2) is 11.8 Å². The van der Waals surface area contributed by atoms with Crippen molar-refractivity contribution in [1.29, 1.82) is 0 Å². The Labute approximate surface area is 91.1 Å². The molecule has 0 aromatic heterocycles. The maximum absolute atomic E-state index is 11.5. The van der Waals surface area contributed by atoms with E-state index < -0.39 is 0 Å². The quantitative estimate of drug-likeness (QED) is 0.574. The van der Waals surface area contributed by atoms with E-state index in [4.69, 9.17) is 4.74 Å². The van der Waals surface area contributed by atoms with Crippen LogP contribution < -0.4 is 0 Å². The zero-order chi connectivity index (χ0) is 11.4. The lowest BCUT2D eigenvalue weighted by Crippen LogP contribution is -2.37. The zero-order valence-electron chi connectivity index (χ0n) is 10.1. The molecule has 2 heterocycles. The minimum atomic E-state index is -0.185. The highest BCUT2D eigenvalue weighted by atomic mass is 16.6. The lowest BCUT2D eigenvalue weighted by atomic mass is 9.87. The Kier molecular flexibility index (Phi) is 1.95. The fourth-order valence-corrected chi connectivity index (χ4v) is 2.16. The average molecular weight is 209 g/mol. The second-order valence-electron chi connectivity index (χ2n) is 6.25. The first-order chi connectivity index (χ1) is 6.72. The van der Waals surface area contributed by atoms with E-state index in [9.17, 15) is 4.79 Å². The van der Waals surface area contributed by atoms with Gasteiger partial charge in [-0.25, -0.2) is 4.79 Å². The number of amides is 1. The van der Waals surface area contributed by atoms with Crippen LogP contribution in [0.3, 0.4) is 0 Å². The molecule has 1 amide bonds. The number of hydrogen-bond donors (Lipinski definition) is 0. The lowest BCUT2D eigenvalue weighted by molar-refractivity contribution is 0.0498. The van der Waals surface area contributed by atoms with Gasteiger partial charge in [0.15, 0.2) is 0 Å². The highest BCUT2D eigenvalue weighted by Gasteiger charge is 2.58. The maximum Gasteiger partial charge on any atom is 0.414 e. The number of cyclic esters (lactones) is 1. The summed E-state index contributed by atoms with van der Waals surface area (Å²) in [5.74, 6) is 0. The third kappa shape index (κ3) is 1.75. The molecule has 0 aromatic rings. The fraction of sp³-hybridized carbons (Fsp3) is 0.750. The number of fused-ring (bicyclic) bond motifs is 1. The SMILES string of the molecule is CC(C)(C)/C=C1\[C@@H]2N1C(=O)OCC2(C)C. The average Bonchev–Trinajstić information content (AvgIpc) is 2.71. The molecule has 1 atom stereocenters. The van der Waals surface area contributed by atoms with Crippen molar-refractivity contribution in [3.05, 3.63) is 11.8 Å². The monoisotopic (exact) mass is 209 g/mol. The molecule has 0 unspecified atom stereocenters. The maximum atomic E-state index is 11.5. The fourth-order valence-electron chi connectivity index (χ4n) is 2.16. The van der Waals surface area contributed by atoms with Gasteiger partial charge in [-0.3, -0.25) is 4.90 Å². The normalized spacial score (nSPS) is 31.3. The second kappa shape index (κ2) is 2.77. The molecule has 0 radical (unpaired) electrons. The Morgan fingerprint density at radius 1 is 1.47 bits per heavy atom. The van der Waals surface area contributed by atoms with Crippen LogP contribution in [-0.2, 0) is 4.74 Å². The van der Waals surface area contributed by atoms with Gasteiger partial charge >= 0.3 is 6.09 Å². The third-order valence-electron chi connectivity index (χ3n) is 2.83. The van der Waals surface area contributed by atoms with Crippen molar-refractivity contribution in [1.82, 2.24) is 4.90 Å². The number of ether oxygens (including phenoxy) is 1. The van der Waals surface area contributed by atoms with Crippen LogP contribution in [0, 0.1) is 10.8 Å². The standard InChI is InChI=1S/C12H19NO2/c1-11(2,3)6-8-9-12(4,5)7-15-10(14)13(8)9/h6,9H,7H2,1-5H3/b8-6+/t9-,13?/m0/s1. The summed E-state index contributed by atoms with van der Waals surface area (Å²) in [6.45, 7) is 11.2. The van der Waals surface area contributed by atoms with E-state index in [1.165, 1.54) is 0 Å². The minimum Gasteiger partial charge on any atom is -0.448 e. The summed E-state index contributed by atoms with van der Waals surface area (Å²) in [4.78, 5) is 13.3. The molecule has 3 nitrogen and oxygen atoms in total. The van der Waals surface area contributed by atoms with Crippen LogP contribution in [0.4, 0.5) is 4.79 Å². The Morgan fingerprint density at radius 2 is 2.07 bits per heavy atom. The first kappa shape index (κ1) is 10.5. The first-order valence-electron chi connectivity index (χ1n) is 5.41. The topological polar surface area (TPSA) is 29.3 Å². The molecule has 2 saturated heterocycles. The Hall–Kier alpha value is -0.990. The summed E-state index contributed by atoms with van der Waals surface area (Å²) < 4.78 is 5.14. The summed E-state index contributed by atoms with van der Waals surface area (Å²) in [6.07, 6.45) is 1.99. The van der Waals surface area contributed by atoms with E-state index in [-0.39, 0.29) is 23.0 Å². The minimum absolute atomic E-state index is 0.0466. The van der Waals surface area contributed by atoms with Gasteiger partial charge in [0, 0.05) is 11.1 Å². The van der Waals surface area contributed by atoms with Crippen molar-refractivity contribution in [2.45, 2.75) is 40.7 Å². The van der Waals surface area contributed by atoms with E-state index in [0.29, 0.717) is 6.61 Å². The molecular formula is C12H19NO2. The number of carbonyl (C=O) groups excluding carboxylic acids is 1. The van der Waals surface area contributed by atoms with Crippen molar-refractivity contribution < 1.29 is 9.53 Å². The number of hydrogen-bond acceptors (Lipinski definition) is 2. The number of carbonyl (C=O) groups is 1. The molecule has 3 heteroatoms. The molecule has 2 fully saturated rings. The van der Waals surface area contributed by atoms with Crippen molar-refractivity contribution >= 4 is 6.09 Å². The van der Waals surface area contributed by atoms with Crippen LogP contribution in [0.1, 0.15) is 34.6 Å². The molecule has 0 spiro atoms. The van der Waals surface area contributed by atoms with Gasteiger partial charge in [-0.05, 0) is 5.41 Å². The van der Waals surface area contributed by atoms with Crippen molar-refractivity contribution in [2.75, 3.05) is 6.61 Å². The van der Waals surface area contributed by atoms with Gasteiger partial charge < -0.3 is 4.74 Å². The molecular weight excluding hydrogens is 190 g/mol. The summed E-state index contributed by atoms with van der Waals surface area (Å²) in [6, 6.07) is 0.262. The molecule has 0 N–H and O–H groups in total. The molecule has 0 aromatic carbocycles. The zero-order valence-corrected chi connectivity index (χ0v) is 10.1. The number of nitrogens with zero attached hydrogens (tertiary/aromatic N) is 1. The number of allylic oxidation sites excluding steroid dienone is 1. The first-order valence-corrected chi connectivity index (χ1v) is 5.41. The highest BCUT2D eigenvalue weighted by Crippen LogP contribution is 2.50. The van der Waals surface area contributed by atoms with Crippen LogP contribution in [-0.4, -0.2) is 23.6 Å². The molecule has 15 heavy (non-hydrogen) atoms. The summed E-state index contributed by atoms with van der Waals surface area (Å²) >= 11 is 0. The number of rotatable bonds is 0. The van der Waals surface area contributed by atoms with Crippen LogP contribution in [0.25, 0.3) is 0 Å². The van der Waals surface area contributed by atoms with Gasteiger partial charge in [0.2, 0.25) is 0 Å². The van der Waals surface area contributed by atoms with Crippen LogP contribution >= 0.6 is 0 Å². The lowest BCUT2D eigenvalue weighted by Gasteiger charge is -2.27. The van der Waals surface area contributed by atoms with Gasteiger partial charge in [0.05, 0.1) is 6.04 Å². The highest BCUT2D eigenvalue weighted by molar-refractivity contribution is 5.78. The van der Waals surface area contributed by atoms with E-state index in [0.717, 1.165) is 5.70 Å². The van der Waals surface area contributed by atoms with E-state index >= 15 is 0 Å². The summed E-state index contributed by atoms with van der Waals surface area (Å²) in [7, 11) is 0. The smallest absolute Gasteiger partial charge is 0.414 e. The Balaban J connectivity index is 2.27. The van der Waals surface area contributed by atoms with Crippen molar-refractivity contribution in [3.8, 4) is 0 Å². The molecule has 2 aliphatic heterocycles. The molecule has 2 aliphatic rings. The van der Waals surface area contributed by atoms with Gasteiger partial charge in [0.1, 0.15) is 6.61 Å². The van der Waals surface area contributed by atoms with Gasteiger partial charge in [-0.1, -0.05) is 40.7 Å². The van der Waals surface area contributed by atoms with Gasteiger partial charge in [0.25, 0.3) is 0 Å². The molecule has 0 aliphatic carbocycles. The van der Waals surface area contributed by atoms with Crippen molar-refractivity contribution in [2.24, 2.45) is 10.8 Å². The summed E-state index contributed by atoms with van der Waals surface area (Å²) in [5.41, 5.74) is 1.30. The second-order valence-corrected chi connectivity index (χ2v) is 6.25. The largest absolute Gasteiger partial charge is 0.448 e. The Morgan fingerprint density at radius 3 is 2.53 bits per heavy atom. The third-order valence-corrected chi connectivity index (χ3v) is 2.83. The predicted octanol–water partition coefficient (Wildman–Crippen LogP) is 2.78. The van der Waals surface area contributed by atoms with Gasteiger partial charge in [-0.2, -0.15) is 0 Å². The summed E-state index contributed by atoms with van der Waals surface area (Å²) in [5, 5.41) is 0. The van der Waals surface area contributed by atoms with Gasteiger partial charge in [-0.15, -0.1) is 0 Å². The van der Waals surface area contributed by atoms with E-state index in [1.807, 2.05) is 0 Å². The Bertz CT molecular complexity index is 336. The molecule has 0 saturated carbocycles. The molecule has 2 rings (SSSR count). The predicted molar refractivity (Wildman–Crippen MR) is 58.3 cm³/mol. The van der Waals surface area contributed by atoms with E-state index in [1.54, 1.807) is 4.90 Å². The van der Waals surface area contributed by atoms with Crippen molar-refractivity contribution in [3.63, 3.8) is 0 Å². The molecule has 0 bridgehead atoms. The van der Waals surface area contributed by atoms with Crippen LogP contribution in [0.2, 0.25) is 0 Å². The van der Waals surface area contributed by atoms with E-state index in [2.05, 4.69) is 40.7 Å².